The Hall–Kier alpha value is -4.34. The van der Waals surface area contributed by atoms with Gasteiger partial charge in [0.05, 0.1) is 25.5 Å². The maximum absolute atomic E-state index is 13.5. The minimum Gasteiger partial charge on any atom is -0.477 e. The fourth-order valence-corrected chi connectivity index (χ4v) is 5.08. The smallest absolute Gasteiger partial charge is 0.255 e. The van der Waals surface area contributed by atoms with E-state index in [1.807, 2.05) is 31.2 Å². The lowest BCUT2D eigenvalue weighted by Crippen LogP contribution is -2.35. The molecule has 0 aliphatic carbocycles. The number of nitrogens with one attached hydrogen (secondary N) is 2. The molecule has 6 rings (SSSR count). The summed E-state index contributed by atoms with van der Waals surface area (Å²) >= 11 is 0. The van der Waals surface area contributed by atoms with Gasteiger partial charge >= 0.3 is 0 Å². The Labute approximate surface area is 238 Å². The first kappa shape index (κ1) is 26.9. The number of carbonyl (C=O) groups excluding carboxylic acids is 1. The number of hydrogen-bond donors (Lipinski definition) is 2. The van der Waals surface area contributed by atoms with Crippen LogP contribution in [0.1, 0.15) is 33.5 Å². The number of halogens is 1. The molecule has 8 nitrogen and oxygen atoms in total. The first-order valence-corrected chi connectivity index (χ1v) is 13.9. The van der Waals surface area contributed by atoms with Gasteiger partial charge in [-0.05, 0) is 85.5 Å². The van der Waals surface area contributed by atoms with Crippen LogP contribution in [-0.4, -0.2) is 53.7 Å². The van der Waals surface area contributed by atoms with Crippen molar-refractivity contribution in [1.82, 2.24) is 14.9 Å². The molecule has 41 heavy (non-hydrogen) atoms. The van der Waals surface area contributed by atoms with E-state index in [1.54, 1.807) is 24.3 Å². The van der Waals surface area contributed by atoms with Crippen LogP contribution < -0.4 is 15.4 Å². The number of amides is 1. The maximum Gasteiger partial charge on any atom is 0.255 e. The monoisotopic (exact) mass is 553 g/mol. The van der Waals surface area contributed by atoms with Crippen LogP contribution in [-0.2, 0) is 17.7 Å². The first-order valence-electron chi connectivity index (χ1n) is 13.9. The minimum atomic E-state index is -0.300. The van der Waals surface area contributed by atoms with Gasteiger partial charge in [-0.2, -0.15) is 4.98 Å². The summed E-state index contributed by atoms with van der Waals surface area (Å²) in [4.78, 5) is 24.8. The molecule has 2 aliphatic heterocycles. The molecule has 3 aromatic carbocycles. The van der Waals surface area contributed by atoms with Crippen LogP contribution >= 0.6 is 0 Å². The number of aryl methyl sites for hydroxylation is 1. The largest absolute Gasteiger partial charge is 0.477 e. The summed E-state index contributed by atoms with van der Waals surface area (Å²) in [5.41, 5.74) is 6.67. The topological polar surface area (TPSA) is 88.6 Å². The van der Waals surface area contributed by atoms with Gasteiger partial charge in [-0.15, -0.1) is 0 Å². The van der Waals surface area contributed by atoms with Crippen LogP contribution in [0.25, 0.3) is 11.3 Å². The summed E-state index contributed by atoms with van der Waals surface area (Å²) in [6.45, 7) is 6.73. The highest BCUT2D eigenvalue weighted by molar-refractivity contribution is 6.04. The van der Waals surface area contributed by atoms with Crippen LogP contribution in [0.3, 0.4) is 0 Å². The van der Waals surface area contributed by atoms with Crippen molar-refractivity contribution in [3.63, 3.8) is 0 Å². The van der Waals surface area contributed by atoms with Gasteiger partial charge in [0.2, 0.25) is 11.8 Å². The summed E-state index contributed by atoms with van der Waals surface area (Å²) < 4.78 is 24.8. The Morgan fingerprint density at radius 1 is 0.976 bits per heavy atom. The van der Waals surface area contributed by atoms with Gasteiger partial charge in [0.1, 0.15) is 5.82 Å². The van der Waals surface area contributed by atoms with E-state index < -0.39 is 0 Å². The molecule has 4 aromatic rings. The minimum absolute atomic E-state index is 0.180. The molecule has 0 saturated carbocycles. The number of hydrogen-bond acceptors (Lipinski definition) is 7. The number of ether oxygens (including phenoxy) is 2. The second-order valence-electron chi connectivity index (χ2n) is 10.3. The van der Waals surface area contributed by atoms with Gasteiger partial charge in [-0.3, -0.25) is 9.69 Å². The van der Waals surface area contributed by atoms with Crippen LogP contribution in [0.4, 0.5) is 21.7 Å². The average molecular weight is 554 g/mol. The van der Waals surface area contributed by atoms with E-state index in [9.17, 15) is 9.18 Å². The number of rotatable bonds is 7. The van der Waals surface area contributed by atoms with E-state index in [2.05, 4.69) is 26.6 Å². The molecule has 3 heterocycles. The summed E-state index contributed by atoms with van der Waals surface area (Å²) in [6, 6.07) is 19.6. The Morgan fingerprint density at radius 3 is 2.54 bits per heavy atom. The van der Waals surface area contributed by atoms with Gasteiger partial charge in [0, 0.05) is 47.7 Å². The fourth-order valence-electron chi connectivity index (χ4n) is 5.08. The van der Waals surface area contributed by atoms with Crippen LogP contribution in [0, 0.1) is 12.7 Å². The van der Waals surface area contributed by atoms with E-state index in [4.69, 9.17) is 14.5 Å². The van der Waals surface area contributed by atoms with Crippen LogP contribution in [0.15, 0.2) is 66.7 Å². The molecule has 0 bridgehead atoms. The zero-order valence-corrected chi connectivity index (χ0v) is 23.0. The molecule has 0 atom stereocenters. The van der Waals surface area contributed by atoms with Crippen molar-refractivity contribution in [3.05, 3.63) is 94.8 Å². The van der Waals surface area contributed by atoms with E-state index >= 15 is 0 Å². The van der Waals surface area contributed by atoms with E-state index in [0.29, 0.717) is 24.0 Å². The normalized spacial score (nSPS) is 15.1. The van der Waals surface area contributed by atoms with Gasteiger partial charge in [0.15, 0.2) is 0 Å². The zero-order chi connectivity index (χ0) is 28.2. The second-order valence-corrected chi connectivity index (χ2v) is 10.3. The molecule has 1 saturated heterocycles. The molecule has 2 N–H and O–H groups in total. The lowest BCUT2D eigenvalue weighted by Gasteiger charge is -2.26. The van der Waals surface area contributed by atoms with Crippen molar-refractivity contribution in [2.45, 2.75) is 26.3 Å². The SMILES string of the molecule is Cc1ccc(CN2CCOCC2)cc1NC(=O)c1ccc(Nc2nc3c(c(-c4ccc(F)cc4)n2)CCCO3)cc1. The van der Waals surface area contributed by atoms with Crippen molar-refractivity contribution in [3.8, 4) is 17.1 Å². The van der Waals surface area contributed by atoms with Crippen molar-refractivity contribution in [2.24, 2.45) is 0 Å². The van der Waals surface area contributed by atoms with Crippen molar-refractivity contribution in [2.75, 3.05) is 43.5 Å². The third-order valence-corrected chi connectivity index (χ3v) is 7.36. The molecule has 0 spiro atoms. The maximum atomic E-state index is 13.5. The van der Waals surface area contributed by atoms with Crippen LogP contribution in [0.5, 0.6) is 5.88 Å². The third kappa shape index (κ3) is 6.37. The standard InChI is InChI=1S/C32H32FN5O3/c1-21-4-5-22(20-38-14-17-40-18-15-38)19-28(21)35-30(39)24-8-12-26(13-9-24)34-32-36-29(23-6-10-25(33)11-7-23)27-3-2-16-41-31(27)37-32/h4-13,19H,2-3,14-18,20H2,1H3,(H,35,39)(H,34,36,37). The molecule has 2 aliphatic rings. The van der Waals surface area contributed by atoms with Gasteiger partial charge in [-0.1, -0.05) is 12.1 Å². The van der Waals surface area contributed by atoms with E-state index in [0.717, 1.165) is 85.0 Å². The highest BCUT2D eigenvalue weighted by atomic mass is 19.1. The molecule has 9 heteroatoms. The predicted molar refractivity (Wildman–Crippen MR) is 156 cm³/mol. The number of fused-ring (bicyclic) bond motifs is 1. The molecule has 0 unspecified atom stereocenters. The molecular formula is C32H32FN5O3. The number of nitrogens with zero attached hydrogens (tertiary/aromatic N) is 3. The van der Waals surface area contributed by atoms with E-state index in [1.165, 1.54) is 12.1 Å². The highest BCUT2D eigenvalue weighted by Crippen LogP contribution is 2.33. The molecule has 210 valence electrons. The molecular weight excluding hydrogens is 521 g/mol. The number of aromatic nitrogens is 2. The van der Waals surface area contributed by atoms with Gasteiger partial charge < -0.3 is 20.1 Å². The predicted octanol–water partition coefficient (Wildman–Crippen LogP) is 5.74. The highest BCUT2D eigenvalue weighted by Gasteiger charge is 2.21. The summed E-state index contributed by atoms with van der Waals surface area (Å²) in [5.74, 6) is 0.427. The Morgan fingerprint density at radius 2 is 1.76 bits per heavy atom. The lowest BCUT2D eigenvalue weighted by molar-refractivity contribution is 0.0342. The Balaban J connectivity index is 1.16. The van der Waals surface area contributed by atoms with Crippen molar-refractivity contribution < 1.29 is 18.7 Å². The summed E-state index contributed by atoms with van der Waals surface area (Å²) in [5, 5.41) is 6.29. The molecule has 1 aromatic heterocycles. The zero-order valence-electron chi connectivity index (χ0n) is 23.0. The Kier molecular flexibility index (Phi) is 7.89. The number of carbonyl (C=O) groups is 1. The van der Waals surface area contributed by atoms with Gasteiger partial charge in [0.25, 0.3) is 5.91 Å². The summed E-state index contributed by atoms with van der Waals surface area (Å²) in [6.07, 6.45) is 1.67. The van der Waals surface area contributed by atoms with Crippen molar-refractivity contribution >= 4 is 23.2 Å². The Bertz CT molecular complexity index is 1540. The molecule has 1 amide bonds. The van der Waals surface area contributed by atoms with Crippen LogP contribution in [0.2, 0.25) is 0 Å². The molecule has 0 radical (unpaired) electrons. The fraction of sp³-hybridized carbons (Fsp3) is 0.281. The second kappa shape index (κ2) is 12.0. The molecule has 1 fully saturated rings. The van der Waals surface area contributed by atoms with Crippen molar-refractivity contribution in [1.29, 1.82) is 0 Å². The average Bonchev–Trinajstić information content (AvgIpc) is 3.00. The number of benzene rings is 3. The van der Waals surface area contributed by atoms with E-state index in [-0.39, 0.29) is 11.7 Å². The number of morpholine rings is 1. The van der Waals surface area contributed by atoms with Gasteiger partial charge in [-0.25, -0.2) is 9.37 Å². The first-order chi connectivity index (χ1) is 20.0. The quantitative estimate of drug-likeness (QED) is 0.302. The lowest BCUT2D eigenvalue weighted by atomic mass is 10.0. The third-order valence-electron chi connectivity index (χ3n) is 7.36. The number of anilines is 3. The summed E-state index contributed by atoms with van der Waals surface area (Å²) in [7, 11) is 0.